The lowest BCUT2D eigenvalue weighted by Crippen LogP contribution is -2.38. The summed E-state index contributed by atoms with van der Waals surface area (Å²) in [6, 6.07) is 5.65. The molecular weight excluding hydrogens is 329 g/mol. The van der Waals surface area contributed by atoms with E-state index in [-0.39, 0.29) is 18.8 Å². The number of rotatable bonds is 5. The van der Waals surface area contributed by atoms with E-state index in [1.165, 1.54) is 17.0 Å². The third-order valence-electron chi connectivity index (χ3n) is 3.62. The van der Waals surface area contributed by atoms with Gasteiger partial charge >= 0.3 is 18.2 Å². The van der Waals surface area contributed by atoms with Crippen LogP contribution >= 0.6 is 0 Å². The number of halogens is 3. The maximum atomic E-state index is 12.2. The van der Waals surface area contributed by atoms with E-state index >= 15 is 0 Å². The first-order chi connectivity index (χ1) is 11.3. The van der Waals surface area contributed by atoms with Crippen molar-refractivity contribution in [3.05, 3.63) is 29.8 Å². The molecule has 1 unspecified atom stereocenters. The van der Waals surface area contributed by atoms with Crippen LogP contribution in [-0.2, 0) is 11.3 Å². The van der Waals surface area contributed by atoms with E-state index in [0.717, 1.165) is 0 Å². The van der Waals surface area contributed by atoms with Crippen molar-refractivity contribution in [3.8, 4) is 5.75 Å². The van der Waals surface area contributed by atoms with Crippen LogP contribution in [0, 0.1) is 5.92 Å². The number of likely N-dealkylation sites (tertiary alicyclic amines) is 1. The monoisotopic (exact) mass is 346 g/mol. The topological polar surface area (TPSA) is 78.9 Å². The van der Waals surface area contributed by atoms with Crippen LogP contribution < -0.4 is 10.1 Å². The van der Waals surface area contributed by atoms with Gasteiger partial charge in [-0.05, 0) is 12.5 Å². The summed E-state index contributed by atoms with van der Waals surface area (Å²) >= 11 is 0. The fourth-order valence-corrected chi connectivity index (χ4v) is 2.38. The van der Waals surface area contributed by atoms with Crippen molar-refractivity contribution in [2.45, 2.75) is 19.1 Å². The van der Waals surface area contributed by atoms with Crippen molar-refractivity contribution in [1.29, 1.82) is 0 Å². The molecule has 1 aromatic carbocycles. The van der Waals surface area contributed by atoms with Gasteiger partial charge in [0.1, 0.15) is 5.75 Å². The average molecular weight is 346 g/mol. The second-order valence-corrected chi connectivity index (χ2v) is 5.44. The Balaban J connectivity index is 1.90. The largest absolute Gasteiger partial charge is 0.484 e. The number of para-hydroxylation sites is 1. The summed E-state index contributed by atoms with van der Waals surface area (Å²) in [5, 5.41) is 11.5. The highest BCUT2D eigenvalue weighted by Gasteiger charge is 2.31. The minimum atomic E-state index is -4.45. The van der Waals surface area contributed by atoms with Crippen molar-refractivity contribution in [3.63, 3.8) is 0 Å². The molecule has 0 aromatic heterocycles. The van der Waals surface area contributed by atoms with E-state index in [4.69, 9.17) is 9.84 Å². The van der Waals surface area contributed by atoms with Gasteiger partial charge in [-0.1, -0.05) is 18.2 Å². The fraction of sp³-hybridized carbons (Fsp3) is 0.467. The van der Waals surface area contributed by atoms with E-state index in [2.05, 4.69) is 5.32 Å². The number of carboxylic acid groups (broad SMARTS) is 1. The van der Waals surface area contributed by atoms with Crippen LogP contribution in [0.3, 0.4) is 0 Å². The number of nitrogens with one attached hydrogen (secondary N) is 1. The minimum Gasteiger partial charge on any atom is -0.484 e. The molecule has 2 N–H and O–H groups in total. The molecule has 1 fully saturated rings. The van der Waals surface area contributed by atoms with Gasteiger partial charge in [-0.3, -0.25) is 4.79 Å². The number of benzene rings is 1. The molecule has 0 bridgehead atoms. The van der Waals surface area contributed by atoms with Crippen LogP contribution in [0.5, 0.6) is 5.75 Å². The summed E-state index contributed by atoms with van der Waals surface area (Å²) in [5.41, 5.74) is 0.407. The normalized spacial score (nSPS) is 17.6. The third-order valence-corrected chi connectivity index (χ3v) is 3.62. The lowest BCUT2D eigenvalue weighted by atomic mass is 10.1. The van der Waals surface area contributed by atoms with Crippen molar-refractivity contribution >= 4 is 12.0 Å². The first kappa shape index (κ1) is 17.9. The van der Waals surface area contributed by atoms with Crippen molar-refractivity contribution in [2.24, 2.45) is 5.92 Å². The number of hydrogen-bond donors (Lipinski definition) is 2. The summed E-state index contributed by atoms with van der Waals surface area (Å²) in [7, 11) is 0. The Morgan fingerprint density at radius 2 is 2.04 bits per heavy atom. The first-order valence-corrected chi connectivity index (χ1v) is 7.29. The summed E-state index contributed by atoms with van der Waals surface area (Å²) in [6.45, 7) is -0.978. The molecule has 0 aliphatic carbocycles. The zero-order valence-corrected chi connectivity index (χ0v) is 12.7. The molecule has 24 heavy (non-hydrogen) atoms. The minimum absolute atomic E-state index is 0.0128. The van der Waals surface area contributed by atoms with Crippen LogP contribution in [0.2, 0.25) is 0 Å². The number of hydrogen-bond acceptors (Lipinski definition) is 3. The van der Waals surface area contributed by atoms with E-state index < -0.39 is 30.7 Å². The van der Waals surface area contributed by atoms with Crippen molar-refractivity contribution < 1.29 is 32.6 Å². The van der Waals surface area contributed by atoms with Gasteiger partial charge in [0.05, 0.1) is 5.92 Å². The number of amides is 2. The van der Waals surface area contributed by atoms with E-state index in [1.54, 1.807) is 12.1 Å². The molecule has 6 nitrogen and oxygen atoms in total. The maximum Gasteiger partial charge on any atom is 0.422 e. The molecule has 132 valence electrons. The molecule has 1 atom stereocenters. The van der Waals surface area contributed by atoms with Gasteiger partial charge in [-0.25, -0.2) is 4.79 Å². The second-order valence-electron chi connectivity index (χ2n) is 5.44. The zero-order valence-electron chi connectivity index (χ0n) is 12.7. The molecule has 1 aliphatic rings. The molecule has 0 spiro atoms. The van der Waals surface area contributed by atoms with Crippen LogP contribution in [-0.4, -0.2) is 47.9 Å². The number of ether oxygens (including phenoxy) is 1. The second kappa shape index (κ2) is 7.41. The lowest BCUT2D eigenvalue weighted by Gasteiger charge is -2.18. The lowest BCUT2D eigenvalue weighted by molar-refractivity contribution is -0.153. The summed E-state index contributed by atoms with van der Waals surface area (Å²) < 4.78 is 41.5. The predicted octanol–water partition coefficient (Wildman–Crippen LogP) is 2.24. The number of aliphatic carboxylic acids is 1. The van der Waals surface area contributed by atoms with Crippen LogP contribution in [0.25, 0.3) is 0 Å². The molecule has 1 aromatic rings. The molecule has 1 heterocycles. The van der Waals surface area contributed by atoms with Crippen LogP contribution in [0.1, 0.15) is 12.0 Å². The number of nitrogens with zero attached hydrogens (tertiary/aromatic N) is 1. The van der Waals surface area contributed by atoms with Gasteiger partial charge < -0.3 is 20.1 Å². The Morgan fingerprint density at radius 1 is 1.33 bits per heavy atom. The number of carbonyl (C=O) groups excluding carboxylic acids is 1. The van der Waals surface area contributed by atoms with E-state index in [9.17, 15) is 22.8 Å². The highest BCUT2D eigenvalue weighted by atomic mass is 19.4. The van der Waals surface area contributed by atoms with Crippen LogP contribution in [0.15, 0.2) is 24.3 Å². The Hall–Kier alpha value is -2.45. The molecule has 2 amide bonds. The SMILES string of the molecule is O=C(O)C1CCN(C(=O)NCc2ccccc2OCC(F)(F)F)C1. The standard InChI is InChI=1S/C15H17F3N2O4/c16-15(17,18)9-24-12-4-2-1-3-10(12)7-19-14(23)20-6-5-11(8-20)13(21)22/h1-4,11H,5-9H2,(H,19,23)(H,21,22). The molecular formula is C15H17F3N2O4. The Labute approximate surface area is 136 Å². The average Bonchev–Trinajstić information content (AvgIpc) is 3.01. The molecule has 1 aliphatic heterocycles. The molecule has 0 saturated carbocycles. The van der Waals surface area contributed by atoms with Crippen LogP contribution in [0.4, 0.5) is 18.0 Å². The van der Waals surface area contributed by atoms with Gasteiger partial charge in [-0.15, -0.1) is 0 Å². The Bertz CT molecular complexity index is 607. The highest BCUT2D eigenvalue weighted by molar-refractivity contribution is 5.77. The number of urea groups is 1. The van der Waals surface area contributed by atoms with Crippen molar-refractivity contribution in [1.82, 2.24) is 10.2 Å². The molecule has 0 radical (unpaired) electrons. The van der Waals surface area contributed by atoms with E-state index in [1.807, 2.05) is 0 Å². The number of carboxylic acids is 1. The number of carbonyl (C=O) groups is 2. The maximum absolute atomic E-state index is 12.2. The van der Waals surface area contributed by atoms with Gasteiger partial charge in [-0.2, -0.15) is 13.2 Å². The quantitative estimate of drug-likeness (QED) is 0.857. The molecule has 2 rings (SSSR count). The molecule has 9 heteroatoms. The summed E-state index contributed by atoms with van der Waals surface area (Å²) in [5.74, 6) is -1.49. The third kappa shape index (κ3) is 5.04. The Kier molecular flexibility index (Phi) is 5.53. The fourth-order valence-electron chi connectivity index (χ4n) is 2.38. The van der Waals surface area contributed by atoms with Crippen molar-refractivity contribution in [2.75, 3.05) is 19.7 Å². The predicted molar refractivity (Wildman–Crippen MR) is 77.5 cm³/mol. The van der Waals surface area contributed by atoms with Gasteiger partial charge in [0.2, 0.25) is 0 Å². The summed E-state index contributed by atoms with van der Waals surface area (Å²) in [4.78, 5) is 24.3. The molecule has 1 saturated heterocycles. The van der Waals surface area contributed by atoms with Gasteiger partial charge in [0, 0.05) is 25.2 Å². The Morgan fingerprint density at radius 3 is 2.67 bits per heavy atom. The highest BCUT2D eigenvalue weighted by Crippen LogP contribution is 2.22. The number of alkyl halides is 3. The smallest absolute Gasteiger partial charge is 0.422 e. The van der Waals surface area contributed by atoms with Gasteiger partial charge in [0.15, 0.2) is 6.61 Å². The first-order valence-electron chi connectivity index (χ1n) is 7.29. The van der Waals surface area contributed by atoms with E-state index in [0.29, 0.717) is 18.5 Å². The summed E-state index contributed by atoms with van der Waals surface area (Å²) in [6.07, 6.45) is -4.06. The zero-order chi connectivity index (χ0) is 17.7. The van der Waals surface area contributed by atoms with Gasteiger partial charge in [0.25, 0.3) is 0 Å².